The lowest BCUT2D eigenvalue weighted by Gasteiger charge is -2.03. The van der Waals surface area contributed by atoms with Crippen molar-refractivity contribution in [2.45, 2.75) is 20.4 Å². The van der Waals surface area contributed by atoms with E-state index in [1.165, 1.54) is 0 Å². The molecule has 0 radical (unpaired) electrons. The molecule has 0 fully saturated rings. The first kappa shape index (κ1) is 11.3. The van der Waals surface area contributed by atoms with E-state index in [-0.39, 0.29) is 0 Å². The van der Waals surface area contributed by atoms with E-state index in [2.05, 4.69) is 32.3 Å². The van der Waals surface area contributed by atoms with Crippen LogP contribution in [0.1, 0.15) is 11.4 Å². The molecule has 0 saturated carbocycles. The molecule has 0 saturated heterocycles. The average molecular weight is 256 g/mol. The molecule has 0 aliphatic rings. The van der Waals surface area contributed by atoms with E-state index in [1.54, 1.807) is 0 Å². The Morgan fingerprint density at radius 3 is 2.79 bits per heavy atom. The Labute approximate surface area is 93.0 Å². The predicted octanol–water partition coefficient (Wildman–Crippen LogP) is 1.49. The topological polar surface area (TPSA) is 29.9 Å². The second kappa shape index (κ2) is 5.18. The molecule has 1 aromatic heterocycles. The summed E-state index contributed by atoms with van der Waals surface area (Å²) in [4.78, 5) is 0. The maximum absolute atomic E-state index is 5.12. The highest BCUT2D eigenvalue weighted by molar-refractivity contribution is 9.10. The van der Waals surface area contributed by atoms with Crippen molar-refractivity contribution in [3.05, 3.63) is 15.9 Å². The molecular weight excluding hydrogens is 242 g/mol. The minimum absolute atomic E-state index is 0.612. The number of halogens is 1. The van der Waals surface area contributed by atoms with Crippen LogP contribution >= 0.6 is 15.9 Å². The van der Waals surface area contributed by atoms with Gasteiger partial charge in [0.1, 0.15) is 0 Å². The van der Waals surface area contributed by atoms with Crippen LogP contribution in [0, 0.1) is 26.2 Å². The Kier molecular flexibility index (Phi) is 4.18. The van der Waals surface area contributed by atoms with Crippen molar-refractivity contribution < 1.29 is 0 Å². The minimum Gasteiger partial charge on any atom is -0.304 e. The SMILES string of the molecule is C#CCNCCn1nc(C)c(Br)c1C. The van der Waals surface area contributed by atoms with Crippen molar-refractivity contribution in [1.29, 1.82) is 0 Å². The number of aromatic nitrogens is 2. The molecule has 0 spiro atoms. The lowest BCUT2D eigenvalue weighted by molar-refractivity contribution is 0.560. The molecule has 0 aromatic carbocycles. The fraction of sp³-hybridized carbons (Fsp3) is 0.500. The third kappa shape index (κ3) is 2.60. The van der Waals surface area contributed by atoms with Gasteiger partial charge in [-0.1, -0.05) is 5.92 Å². The molecule has 1 rings (SSSR count). The summed E-state index contributed by atoms with van der Waals surface area (Å²) in [6.45, 7) is 6.34. The van der Waals surface area contributed by atoms with Gasteiger partial charge >= 0.3 is 0 Å². The molecule has 0 atom stereocenters. The van der Waals surface area contributed by atoms with Crippen LogP contribution in [0.25, 0.3) is 0 Å². The summed E-state index contributed by atoms with van der Waals surface area (Å²) >= 11 is 3.49. The van der Waals surface area contributed by atoms with E-state index < -0.39 is 0 Å². The number of hydrogen-bond donors (Lipinski definition) is 1. The molecule has 14 heavy (non-hydrogen) atoms. The molecular formula is C10H14BrN3. The first-order valence-corrected chi connectivity index (χ1v) is 5.29. The highest BCUT2D eigenvalue weighted by Gasteiger charge is 2.07. The quantitative estimate of drug-likeness (QED) is 0.653. The van der Waals surface area contributed by atoms with Gasteiger partial charge in [-0.25, -0.2) is 0 Å². The Balaban J connectivity index is 2.52. The zero-order valence-electron chi connectivity index (χ0n) is 8.47. The van der Waals surface area contributed by atoms with Gasteiger partial charge in [0, 0.05) is 12.2 Å². The molecule has 0 aliphatic heterocycles. The van der Waals surface area contributed by atoms with Crippen LogP contribution < -0.4 is 5.32 Å². The zero-order chi connectivity index (χ0) is 10.6. The van der Waals surface area contributed by atoms with Crippen molar-refractivity contribution in [2.24, 2.45) is 0 Å². The van der Waals surface area contributed by atoms with E-state index in [1.807, 2.05) is 18.5 Å². The molecule has 3 nitrogen and oxygen atoms in total. The van der Waals surface area contributed by atoms with Gasteiger partial charge in [-0.3, -0.25) is 4.68 Å². The molecule has 76 valence electrons. The van der Waals surface area contributed by atoms with E-state index >= 15 is 0 Å². The number of rotatable bonds is 4. The Hall–Kier alpha value is -0.790. The van der Waals surface area contributed by atoms with Crippen LogP contribution in [-0.4, -0.2) is 22.9 Å². The van der Waals surface area contributed by atoms with Crippen molar-refractivity contribution in [2.75, 3.05) is 13.1 Å². The smallest absolute Gasteiger partial charge is 0.0738 e. The second-order valence-electron chi connectivity index (χ2n) is 3.09. The van der Waals surface area contributed by atoms with Gasteiger partial charge in [0.05, 0.1) is 23.3 Å². The number of nitrogens with zero attached hydrogens (tertiary/aromatic N) is 2. The summed E-state index contributed by atoms with van der Waals surface area (Å²) in [6.07, 6.45) is 5.12. The summed E-state index contributed by atoms with van der Waals surface area (Å²) in [6, 6.07) is 0. The van der Waals surface area contributed by atoms with Crippen LogP contribution in [0.3, 0.4) is 0 Å². The molecule has 0 bridgehead atoms. The Bertz CT molecular complexity index is 349. The average Bonchev–Trinajstić information content (AvgIpc) is 2.41. The van der Waals surface area contributed by atoms with Crippen LogP contribution in [0.4, 0.5) is 0 Å². The lowest BCUT2D eigenvalue weighted by Crippen LogP contribution is -2.21. The highest BCUT2D eigenvalue weighted by atomic mass is 79.9. The van der Waals surface area contributed by atoms with Crippen LogP contribution in [0.5, 0.6) is 0 Å². The molecule has 1 N–H and O–H groups in total. The maximum Gasteiger partial charge on any atom is 0.0738 e. The molecule has 1 aromatic rings. The fourth-order valence-electron chi connectivity index (χ4n) is 1.24. The van der Waals surface area contributed by atoms with Crippen LogP contribution in [0.2, 0.25) is 0 Å². The standard InChI is InChI=1S/C10H14BrN3/c1-4-5-12-6-7-14-9(3)10(11)8(2)13-14/h1,12H,5-7H2,2-3H3. The predicted molar refractivity (Wildman–Crippen MR) is 61.1 cm³/mol. The normalized spacial score (nSPS) is 10.1. The number of nitrogens with one attached hydrogen (secondary N) is 1. The van der Waals surface area contributed by atoms with Gasteiger partial charge < -0.3 is 5.32 Å². The van der Waals surface area contributed by atoms with Crippen LogP contribution in [0.15, 0.2) is 4.47 Å². The Morgan fingerprint density at radius 2 is 2.29 bits per heavy atom. The summed E-state index contributed by atoms with van der Waals surface area (Å²) in [7, 11) is 0. The lowest BCUT2D eigenvalue weighted by atomic mass is 10.4. The number of terminal acetylenes is 1. The number of aryl methyl sites for hydroxylation is 1. The van der Waals surface area contributed by atoms with E-state index in [9.17, 15) is 0 Å². The second-order valence-corrected chi connectivity index (χ2v) is 3.88. The third-order valence-corrected chi connectivity index (χ3v) is 3.17. The number of hydrogen-bond acceptors (Lipinski definition) is 2. The molecule has 4 heteroatoms. The third-order valence-electron chi connectivity index (χ3n) is 2.02. The van der Waals surface area contributed by atoms with Gasteiger partial charge in [0.15, 0.2) is 0 Å². The Morgan fingerprint density at radius 1 is 1.57 bits per heavy atom. The van der Waals surface area contributed by atoms with Gasteiger partial charge in [0.2, 0.25) is 0 Å². The van der Waals surface area contributed by atoms with Crippen molar-refractivity contribution in [3.8, 4) is 12.3 Å². The van der Waals surface area contributed by atoms with Crippen molar-refractivity contribution >= 4 is 15.9 Å². The van der Waals surface area contributed by atoms with E-state index in [0.29, 0.717) is 6.54 Å². The molecule has 0 amide bonds. The molecule has 0 unspecified atom stereocenters. The van der Waals surface area contributed by atoms with Gasteiger partial charge in [-0.2, -0.15) is 5.10 Å². The summed E-state index contributed by atoms with van der Waals surface area (Å²) in [5.41, 5.74) is 2.18. The monoisotopic (exact) mass is 255 g/mol. The zero-order valence-corrected chi connectivity index (χ0v) is 10.1. The van der Waals surface area contributed by atoms with Gasteiger partial charge in [-0.15, -0.1) is 6.42 Å². The highest BCUT2D eigenvalue weighted by Crippen LogP contribution is 2.19. The molecule has 1 heterocycles. The van der Waals surface area contributed by atoms with Gasteiger partial charge in [-0.05, 0) is 29.8 Å². The summed E-state index contributed by atoms with van der Waals surface area (Å²) in [5.74, 6) is 2.54. The van der Waals surface area contributed by atoms with Gasteiger partial charge in [0.25, 0.3) is 0 Å². The van der Waals surface area contributed by atoms with E-state index in [4.69, 9.17) is 6.42 Å². The largest absolute Gasteiger partial charge is 0.304 e. The summed E-state index contributed by atoms with van der Waals surface area (Å²) < 4.78 is 3.07. The van der Waals surface area contributed by atoms with Crippen LogP contribution in [-0.2, 0) is 6.54 Å². The first-order valence-electron chi connectivity index (χ1n) is 4.50. The molecule has 0 aliphatic carbocycles. The van der Waals surface area contributed by atoms with E-state index in [0.717, 1.165) is 29.0 Å². The maximum atomic E-state index is 5.12. The first-order chi connectivity index (χ1) is 6.66. The fourth-order valence-corrected chi connectivity index (χ4v) is 1.52. The minimum atomic E-state index is 0.612. The summed E-state index contributed by atoms with van der Waals surface area (Å²) in [5, 5.41) is 7.51. The van der Waals surface area contributed by atoms with Crippen molar-refractivity contribution in [1.82, 2.24) is 15.1 Å². The van der Waals surface area contributed by atoms with Crippen molar-refractivity contribution in [3.63, 3.8) is 0 Å².